The predicted molar refractivity (Wildman–Crippen MR) is 152 cm³/mol. The quantitative estimate of drug-likeness (QED) is 0.202. The lowest BCUT2D eigenvalue weighted by Crippen LogP contribution is -2.30. The Kier molecular flexibility index (Phi) is 7.66. The molecule has 8 heteroatoms. The molecule has 1 fully saturated rings. The van der Waals surface area contributed by atoms with Gasteiger partial charge in [0, 0.05) is 21.8 Å². The van der Waals surface area contributed by atoms with Crippen LogP contribution in [0.5, 0.6) is 17.2 Å². The number of anilines is 1. The Morgan fingerprint density at radius 1 is 1.05 bits per heavy atom. The van der Waals surface area contributed by atoms with Crippen molar-refractivity contribution in [3.8, 4) is 17.2 Å². The first kappa shape index (κ1) is 28.0. The van der Waals surface area contributed by atoms with Gasteiger partial charge in [-0.15, -0.1) is 0 Å². The summed E-state index contributed by atoms with van der Waals surface area (Å²) in [6.07, 6.45) is 0. The minimum Gasteiger partial charge on any atom is -0.507 e. The summed E-state index contributed by atoms with van der Waals surface area (Å²) >= 11 is 6.39. The average molecular weight is 550 g/mol. The zero-order chi connectivity index (χ0) is 28.6. The number of methoxy groups -OCH3 is 1. The summed E-state index contributed by atoms with van der Waals surface area (Å²) in [7, 11) is 1.57. The van der Waals surface area contributed by atoms with Gasteiger partial charge in [-0.3, -0.25) is 14.5 Å². The standard InChI is InChI=1S/C31H32ClNO6/c1-7-39-25-16-18(11-13-23(25)34)27-26(28(35)19-12-14-24(38-6)20(15-19)31(3,4)5)29(36)30(37)33(27)22-10-8-9-21(32)17(22)2/h8-16,27,34-35H,7H2,1-6H3/b28-26+. The number of Topliss-reactive ketones (excluding diaryl/α,β-unsaturated/α-hetero) is 1. The topological polar surface area (TPSA) is 96.3 Å². The number of phenols is 1. The maximum Gasteiger partial charge on any atom is 0.300 e. The Labute approximate surface area is 233 Å². The van der Waals surface area contributed by atoms with Gasteiger partial charge in [0.2, 0.25) is 0 Å². The molecule has 1 aliphatic rings. The maximum atomic E-state index is 13.6. The zero-order valence-corrected chi connectivity index (χ0v) is 23.6. The second-order valence-corrected chi connectivity index (χ2v) is 10.8. The number of hydrogen-bond acceptors (Lipinski definition) is 6. The molecule has 1 atom stereocenters. The predicted octanol–water partition coefficient (Wildman–Crippen LogP) is 6.69. The van der Waals surface area contributed by atoms with E-state index in [0.717, 1.165) is 5.56 Å². The van der Waals surface area contributed by atoms with Crippen LogP contribution in [0.25, 0.3) is 5.76 Å². The number of carbonyl (C=O) groups excluding carboxylic acids is 2. The average Bonchev–Trinajstić information content (AvgIpc) is 3.16. The third-order valence-electron chi connectivity index (χ3n) is 6.82. The van der Waals surface area contributed by atoms with Crippen LogP contribution in [0.15, 0.2) is 60.2 Å². The number of aromatic hydroxyl groups is 1. The van der Waals surface area contributed by atoms with Gasteiger partial charge in [-0.1, -0.05) is 44.5 Å². The highest BCUT2D eigenvalue weighted by Crippen LogP contribution is 2.46. The Morgan fingerprint density at radius 2 is 1.77 bits per heavy atom. The van der Waals surface area contributed by atoms with Gasteiger partial charge in [0.15, 0.2) is 11.5 Å². The van der Waals surface area contributed by atoms with Crippen molar-refractivity contribution in [1.82, 2.24) is 0 Å². The van der Waals surface area contributed by atoms with E-state index < -0.39 is 17.7 Å². The van der Waals surface area contributed by atoms with Crippen molar-refractivity contribution in [1.29, 1.82) is 0 Å². The Morgan fingerprint density at radius 3 is 2.41 bits per heavy atom. The molecule has 3 aromatic rings. The molecule has 0 aliphatic carbocycles. The SMILES string of the molecule is CCOc1cc(C2/C(=C(\O)c3ccc(OC)c(C(C)(C)C)c3)C(=O)C(=O)N2c2cccc(Cl)c2C)ccc1O. The molecule has 4 rings (SSSR count). The summed E-state index contributed by atoms with van der Waals surface area (Å²) in [6, 6.07) is 13.9. The van der Waals surface area contributed by atoms with Crippen molar-refractivity contribution < 1.29 is 29.3 Å². The molecule has 0 aromatic heterocycles. The number of phenolic OH excluding ortho intramolecular Hbond substituents is 1. The van der Waals surface area contributed by atoms with Gasteiger partial charge in [0.1, 0.15) is 11.5 Å². The second-order valence-electron chi connectivity index (χ2n) is 10.4. The molecule has 1 aliphatic heterocycles. The van der Waals surface area contributed by atoms with Crippen LogP contribution in [-0.2, 0) is 15.0 Å². The molecular formula is C31H32ClNO6. The van der Waals surface area contributed by atoms with Gasteiger partial charge < -0.3 is 19.7 Å². The van der Waals surface area contributed by atoms with Crippen LogP contribution in [0.2, 0.25) is 5.02 Å². The molecule has 1 amide bonds. The number of nitrogens with zero attached hydrogens (tertiary/aromatic N) is 1. The fourth-order valence-electron chi connectivity index (χ4n) is 4.82. The first-order chi connectivity index (χ1) is 18.4. The Balaban J connectivity index is 2.01. The number of carbonyl (C=O) groups is 2. The van der Waals surface area contributed by atoms with E-state index in [1.807, 2.05) is 20.8 Å². The van der Waals surface area contributed by atoms with E-state index >= 15 is 0 Å². The molecule has 39 heavy (non-hydrogen) atoms. The summed E-state index contributed by atoms with van der Waals surface area (Å²) in [6.45, 7) is 9.88. The molecule has 0 bridgehead atoms. The molecule has 204 valence electrons. The number of aliphatic hydroxyl groups is 1. The highest BCUT2D eigenvalue weighted by Gasteiger charge is 2.47. The maximum absolute atomic E-state index is 13.6. The zero-order valence-electron chi connectivity index (χ0n) is 22.8. The van der Waals surface area contributed by atoms with E-state index in [1.54, 1.807) is 69.5 Å². The number of amides is 1. The smallest absolute Gasteiger partial charge is 0.300 e. The number of rotatable bonds is 6. The summed E-state index contributed by atoms with van der Waals surface area (Å²) < 4.78 is 11.1. The molecule has 0 saturated carbocycles. The summed E-state index contributed by atoms with van der Waals surface area (Å²) in [4.78, 5) is 28.5. The first-order valence-electron chi connectivity index (χ1n) is 12.6. The van der Waals surface area contributed by atoms with Crippen LogP contribution >= 0.6 is 11.6 Å². The molecule has 1 saturated heterocycles. The van der Waals surface area contributed by atoms with Gasteiger partial charge >= 0.3 is 0 Å². The van der Waals surface area contributed by atoms with E-state index in [4.69, 9.17) is 21.1 Å². The Bertz CT molecular complexity index is 1490. The van der Waals surface area contributed by atoms with Crippen molar-refractivity contribution in [3.63, 3.8) is 0 Å². The van der Waals surface area contributed by atoms with Crippen molar-refractivity contribution >= 4 is 34.7 Å². The lowest BCUT2D eigenvalue weighted by molar-refractivity contribution is -0.132. The highest BCUT2D eigenvalue weighted by molar-refractivity contribution is 6.52. The molecule has 1 unspecified atom stereocenters. The highest BCUT2D eigenvalue weighted by atomic mass is 35.5. The Hall–Kier alpha value is -3.97. The second kappa shape index (κ2) is 10.7. The van der Waals surface area contributed by atoms with Crippen LogP contribution in [0.1, 0.15) is 56.0 Å². The number of hydrogen-bond donors (Lipinski definition) is 2. The minimum absolute atomic E-state index is 0.0820. The van der Waals surface area contributed by atoms with Crippen LogP contribution in [0.3, 0.4) is 0 Å². The molecule has 2 N–H and O–H groups in total. The number of aliphatic hydroxyl groups excluding tert-OH is 1. The van der Waals surface area contributed by atoms with Gasteiger partial charge in [-0.05, 0) is 72.9 Å². The van der Waals surface area contributed by atoms with Crippen LogP contribution < -0.4 is 14.4 Å². The summed E-state index contributed by atoms with van der Waals surface area (Å²) in [5, 5.41) is 22.4. The van der Waals surface area contributed by atoms with E-state index in [9.17, 15) is 19.8 Å². The summed E-state index contributed by atoms with van der Waals surface area (Å²) in [5.41, 5.74) is 2.30. The van der Waals surface area contributed by atoms with Crippen LogP contribution in [0.4, 0.5) is 5.69 Å². The molecule has 0 radical (unpaired) electrons. The van der Waals surface area contributed by atoms with Crippen molar-refractivity contribution in [2.75, 3.05) is 18.6 Å². The third kappa shape index (κ3) is 5.06. The van der Waals surface area contributed by atoms with Crippen molar-refractivity contribution in [2.24, 2.45) is 0 Å². The van der Waals surface area contributed by atoms with E-state index in [2.05, 4.69) is 0 Å². The molecule has 1 heterocycles. The fourth-order valence-corrected chi connectivity index (χ4v) is 4.99. The molecular weight excluding hydrogens is 518 g/mol. The lowest BCUT2D eigenvalue weighted by atomic mass is 9.84. The van der Waals surface area contributed by atoms with Crippen LogP contribution in [-0.4, -0.2) is 35.6 Å². The van der Waals surface area contributed by atoms with E-state index in [1.165, 1.54) is 11.0 Å². The van der Waals surface area contributed by atoms with E-state index in [0.29, 0.717) is 39.8 Å². The van der Waals surface area contributed by atoms with E-state index in [-0.39, 0.29) is 28.2 Å². The number of ether oxygens (including phenoxy) is 2. The number of benzene rings is 3. The largest absolute Gasteiger partial charge is 0.507 e. The van der Waals surface area contributed by atoms with Gasteiger partial charge in [-0.25, -0.2) is 0 Å². The first-order valence-corrected chi connectivity index (χ1v) is 13.0. The number of ketones is 1. The summed E-state index contributed by atoms with van der Waals surface area (Å²) in [5.74, 6) is -1.20. The van der Waals surface area contributed by atoms with Crippen molar-refractivity contribution in [3.05, 3.63) is 87.4 Å². The minimum atomic E-state index is -1.01. The van der Waals surface area contributed by atoms with Gasteiger partial charge in [-0.2, -0.15) is 0 Å². The van der Waals surface area contributed by atoms with Gasteiger partial charge in [0.25, 0.3) is 11.7 Å². The monoisotopic (exact) mass is 549 g/mol. The molecule has 0 spiro atoms. The fraction of sp³-hybridized carbons (Fsp3) is 0.290. The molecule has 7 nitrogen and oxygen atoms in total. The van der Waals surface area contributed by atoms with Gasteiger partial charge in [0.05, 0.1) is 25.3 Å². The lowest BCUT2D eigenvalue weighted by Gasteiger charge is -2.27. The molecule has 3 aromatic carbocycles. The normalized spacial score (nSPS) is 17.0. The third-order valence-corrected chi connectivity index (χ3v) is 7.23. The van der Waals surface area contributed by atoms with Crippen LogP contribution in [0, 0.1) is 6.92 Å². The van der Waals surface area contributed by atoms with Crippen molar-refractivity contribution in [2.45, 2.75) is 46.1 Å². The number of halogens is 1.